The third kappa shape index (κ3) is 5.26. The smallest absolute Gasteiger partial charge is 0.340 e. The van der Waals surface area contributed by atoms with Gasteiger partial charge in [0.05, 0.1) is 37.8 Å². The number of aromatic amines is 1. The molecular weight excluding hydrogens is 392 g/mol. The predicted molar refractivity (Wildman–Crippen MR) is 117 cm³/mol. The fraction of sp³-hybridized carbons (Fsp3) is 0.350. The Morgan fingerprint density at radius 3 is 2.52 bits per heavy atom. The van der Waals surface area contributed by atoms with Crippen molar-refractivity contribution in [2.75, 3.05) is 26.1 Å². The first kappa shape index (κ1) is 22.2. The molecule has 0 bridgehead atoms. The Morgan fingerprint density at radius 1 is 1.21 bits per heavy atom. The van der Waals surface area contributed by atoms with Crippen molar-refractivity contribution < 1.29 is 19.0 Å². The second-order valence-electron chi connectivity index (χ2n) is 6.18. The minimum absolute atomic E-state index is 0.308. The fourth-order valence-corrected chi connectivity index (χ4v) is 3.05. The lowest BCUT2D eigenvalue weighted by Crippen LogP contribution is -2.25. The second kappa shape index (κ2) is 9.92. The number of H-pyrrole nitrogens is 1. The maximum absolute atomic E-state index is 12.1. The van der Waals surface area contributed by atoms with Crippen LogP contribution in [0.4, 0.5) is 5.69 Å². The molecule has 0 spiro atoms. The zero-order valence-electron chi connectivity index (χ0n) is 17.4. The summed E-state index contributed by atoms with van der Waals surface area (Å²) in [5, 5.41) is 7.65. The first-order valence-corrected chi connectivity index (χ1v) is 9.43. The number of aromatic nitrogens is 1. The van der Waals surface area contributed by atoms with E-state index >= 15 is 0 Å². The molecule has 8 nitrogen and oxygen atoms in total. The number of carbonyl (C=O) groups is 1. The van der Waals surface area contributed by atoms with Gasteiger partial charge in [-0.25, -0.2) is 4.79 Å². The van der Waals surface area contributed by atoms with E-state index < -0.39 is 0 Å². The van der Waals surface area contributed by atoms with Crippen LogP contribution in [0.15, 0.2) is 23.3 Å². The highest BCUT2D eigenvalue weighted by molar-refractivity contribution is 7.80. The van der Waals surface area contributed by atoms with E-state index in [0.29, 0.717) is 34.5 Å². The SMILES string of the molecule is CCOC(=O)c1c(C)[nH]c(/C(C)=N/NC(=S)Nc2ccc(OC)c(OC)c2)c1C. The number of nitrogens with one attached hydrogen (secondary N) is 3. The van der Waals surface area contributed by atoms with Gasteiger partial charge in [0.2, 0.25) is 0 Å². The van der Waals surface area contributed by atoms with Gasteiger partial charge in [-0.1, -0.05) is 0 Å². The van der Waals surface area contributed by atoms with Crippen LogP contribution >= 0.6 is 12.2 Å². The largest absolute Gasteiger partial charge is 0.493 e. The minimum atomic E-state index is -0.351. The van der Waals surface area contributed by atoms with Crippen LogP contribution in [0, 0.1) is 13.8 Å². The van der Waals surface area contributed by atoms with Crippen molar-refractivity contribution in [2.24, 2.45) is 5.10 Å². The molecule has 1 aromatic carbocycles. The summed E-state index contributed by atoms with van der Waals surface area (Å²) in [7, 11) is 3.14. The van der Waals surface area contributed by atoms with Gasteiger partial charge in [0.1, 0.15) is 0 Å². The summed E-state index contributed by atoms with van der Waals surface area (Å²) in [5.41, 5.74) is 6.97. The average Bonchev–Trinajstić information content (AvgIpc) is 3.00. The van der Waals surface area contributed by atoms with Crippen LogP contribution in [0.2, 0.25) is 0 Å². The number of hydrazone groups is 1. The Hall–Kier alpha value is -3.07. The van der Waals surface area contributed by atoms with Crippen molar-refractivity contribution in [3.63, 3.8) is 0 Å². The van der Waals surface area contributed by atoms with Gasteiger partial charge in [0.15, 0.2) is 16.6 Å². The van der Waals surface area contributed by atoms with Crippen LogP contribution in [0.25, 0.3) is 0 Å². The highest BCUT2D eigenvalue weighted by atomic mass is 32.1. The van der Waals surface area contributed by atoms with Crippen molar-refractivity contribution in [1.29, 1.82) is 0 Å². The third-order valence-corrected chi connectivity index (χ3v) is 4.44. The van der Waals surface area contributed by atoms with Crippen LogP contribution in [-0.4, -0.2) is 42.6 Å². The number of carbonyl (C=O) groups excluding carboxylic acids is 1. The lowest BCUT2D eigenvalue weighted by Gasteiger charge is -2.11. The number of nitrogens with zero attached hydrogens (tertiary/aromatic N) is 1. The summed E-state index contributed by atoms with van der Waals surface area (Å²) in [6.07, 6.45) is 0. The van der Waals surface area contributed by atoms with Gasteiger partial charge in [-0.3, -0.25) is 5.43 Å². The van der Waals surface area contributed by atoms with E-state index in [1.54, 1.807) is 33.3 Å². The molecule has 3 N–H and O–H groups in total. The molecule has 9 heteroatoms. The Kier molecular flexibility index (Phi) is 7.60. The van der Waals surface area contributed by atoms with Crippen LogP contribution in [0.3, 0.4) is 0 Å². The van der Waals surface area contributed by atoms with Crippen LogP contribution in [-0.2, 0) is 4.74 Å². The lowest BCUT2D eigenvalue weighted by molar-refractivity contribution is 0.0525. The number of rotatable bonds is 7. The molecule has 0 aliphatic heterocycles. The highest BCUT2D eigenvalue weighted by Crippen LogP contribution is 2.29. The molecule has 2 rings (SSSR count). The van der Waals surface area contributed by atoms with Gasteiger partial charge in [-0.15, -0.1) is 0 Å². The molecular formula is C20H26N4O4S. The standard InChI is InChI=1S/C20H26N4O4S/c1-7-28-19(25)17-11(2)18(21-12(17)3)13(4)23-24-20(29)22-14-8-9-15(26-5)16(10-14)27-6/h8-10,21H,7H2,1-6H3,(H2,22,24,29)/b23-13+. The second-order valence-corrected chi connectivity index (χ2v) is 6.59. The van der Waals surface area contributed by atoms with E-state index in [1.165, 1.54) is 0 Å². The van der Waals surface area contributed by atoms with E-state index in [1.807, 2.05) is 26.8 Å². The number of thiocarbonyl (C=S) groups is 1. The monoisotopic (exact) mass is 418 g/mol. The molecule has 29 heavy (non-hydrogen) atoms. The maximum atomic E-state index is 12.1. The quantitative estimate of drug-likeness (QED) is 0.274. The number of anilines is 1. The molecule has 0 atom stereocenters. The zero-order chi connectivity index (χ0) is 21.6. The van der Waals surface area contributed by atoms with Gasteiger partial charge in [0, 0.05) is 17.4 Å². The van der Waals surface area contributed by atoms with Crippen LogP contribution in [0.1, 0.15) is 41.2 Å². The Labute approximate surface area is 175 Å². The molecule has 0 amide bonds. The van der Waals surface area contributed by atoms with E-state index in [-0.39, 0.29) is 5.97 Å². The lowest BCUT2D eigenvalue weighted by atomic mass is 10.1. The predicted octanol–water partition coefficient (Wildman–Crippen LogP) is 3.54. The Bertz CT molecular complexity index is 937. The van der Waals surface area contributed by atoms with Crippen molar-refractivity contribution in [3.8, 4) is 11.5 Å². The Balaban J connectivity index is 2.11. The molecule has 0 saturated carbocycles. The molecule has 0 saturated heterocycles. The molecule has 2 aromatic rings. The van der Waals surface area contributed by atoms with E-state index in [4.69, 9.17) is 26.4 Å². The van der Waals surface area contributed by atoms with Crippen molar-refractivity contribution >= 4 is 34.7 Å². The summed E-state index contributed by atoms with van der Waals surface area (Å²) < 4.78 is 15.6. The first-order chi connectivity index (χ1) is 13.8. The van der Waals surface area contributed by atoms with Gasteiger partial charge >= 0.3 is 5.97 Å². The molecule has 0 aliphatic carbocycles. The number of aryl methyl sites for hydroxylation is 1. The van der Waals surface area contributed by atoms with Crippen LogP contribution < -0.4 is 20.2 Å². The van der Waals surface area contributed by atoms with Crippen LogP contribution in [0.5, 0.6) is 11.5 Å². The molecule has 0 unspecified atom stereocenters. The number of methoxy groups -OCH3 is 2. The van der Waals surface area contributed by atoms with Crippen molar-refractivity contribution in [3.05, 3.63) is 40.7 Å². The summed E-state index contributed by atoms with van der Waals surface area (Å²) >= 11 is 5.30. The van der Waals surface area contributed by atoms with Crippen molar-refractivity contribution in [2.45, 2.75) is 27.7 Å². The zero-order valence-corrected chi connectivity index (χ0v) is 18.2. The molecule has 0 aliphatic rings. The average molecular weight is 419 g/mol. The first-order valence-electron chi connectivity index (χ1n) is 9.02. The van der Waals surface area contributed by atoms with Gasteiger partial charge in [-0.05, 0) is 57.6 Å². The van der Waals surface area contributed by atoms with E-state index in [0.717, 1.165) is 22.6 Å². The summed E-state index contributed by atoms with van der Waals surface area (Å²) in [4.78, 5) is 15.3. The molecule has 156 valence electrons. The number of ether oxygens (including phenoxy) is 3. The third-order valence-electron chi connectivity index (χ3n) is 4.25. The molecule has 0 radical (unpaired) electrons. The summed E-state index contributed by atoms with van der Waals surface area (Å²) in [5.74, 6) is 0.862. The maximum Gasteiger partial charge on any atom is 0.340 e. The summed E-state index contributed by atoms with van der Waals surface area (Å²) in [6, 6.07) is 5.36. The van der Waals surface area contributed by atoms with Gasteiger partial charge in [0.25, 0.3) is 0 Å². The topological polar surface area (TPSA) is 97.0 Å². The number of benzene rings is 1. The number of esters is 1. The van der Waals surface area contributed by atoms with E-state index in [9.17, 15) is 4.79 Å². The number of hydrogen-bond acceptors (Lipinski definition) is 6. The fourth-order valence-electron chi connectivity index (χ4n) is 2.88. The molecule has 0 fully saturated rings. The highest BCUT2D eigenvalue weighted by Gasteiger charge is 2.20. The van der Waals surface area contributed by atoms with Crippen molar-refractivity contribution in [1.82, 2.24) is 10.4 Å². The number of hydrogen-bond donors (Lipinski definition) is 3. The van der Waals surface area contributed by atoms with Gasteiger partial charge in [-0.2, -0.15) is 5.10 Å². The minimum Gasteiger partial charge on any atom is -0.493 e. The Morgan fingerprint density at radius 2 is 1.90 bits per heavy atom. The van der Waals surface area contributed by atoms with E-state index in [2.05, 4.69) is 20.8 Å². The van der Waals surface area contributed by atoms with Gasteiger partial charge < -0.3 is 24.5 Å². The normalized spacial score (nSPS) is 11.0. The summed E-state index contributed by atoms with van der Waals surface area (Å²) in [6.45, 7) is 7.60. The molecule has 1 heterocycles. The molecule has 1 aromatic heterocycles.